The van der Waals surface area contributed by atoms with E-state index in [1.54, 1.807) is 0 Å². The monoisotopic (exact) mass is 206 g/mol. The Hall–Kier alpha value is -0.590. The first kappa shape index (κ1) is 10.9. The summed E-state index contributed by atoms with van der Waals surface area (Å²) in [6.07, 6.45) is 5.21. The van der Waals surface area contributed by atoms with Gasteiger partial charge in [-0.3, -0.25) is 4.79 Å². The maximum absolute atomic E-state index is 11.9. The van der Waals surface area contributed by atoms with E-state index in [1.165, 1.54) is 5.57 Å². The van der Waals surface area contributed by atoms with E-state index in [9.17, 15) is 4.79 Å². The predicted molar refractivity (Wildman–Crippen MR) is 62.5 cm³/mol. The van der Waals surface area contributed by atoms with Crippen LogP contribution >= 0.6 is 0 Å². The molecule has 3 unspecified atom stereocenters. The van der Waals surface area contributed by atoms with Crippen molar-refractivity contribution in [3.05, 3.63) is 12.2 Å². The molecular weight excluding hydrogens is 184 g/mol. The van der Waals surface area contributed by atoms with E-state index in [-0.39, 0.29) is 0 Å². The molecule has 1 heteroatoms. The predicted octanol–water partition coefficient (Wildman–Crippen LogP) is 3.59. The van der Waals surface area contributed by atoms with Crippen LogP contribution in [-0.4, -0.2) is 5.78 Å². The maximum atomic E-state index is 11.9. The van der Waals surface area contributed by atoms with E-state index < -0.39 is 0 Å². The largest absolute Gasteiger partial charge is 0.299 e. The molecule has 0 heterocycles. The topological polar surface area (TPSA) is 17.1 Å². The molecular formula is C14H22O. The Kier molecular flexibility index (Phi) is 2.99. The van der Waals surface area contributed by atoms with Gasteiger partial charge in [-0.2, -0.15) is 0 Å². The van der Waals surface area contributed by atoms with Crippen LogP contribution in [0.1, 0.15) is 46.0 Å². The van der Waals surface area contributed by atoms with Gasteiger partial charge in [-0.25, -0.2) is 0 Å². The van der Waals surface area contributed by atoms with Crippen molar-refractivity contribution < 1.29 is 4.79 Å². The van der Waals surface area contributed by atoms with E-state index in [0.29, 0.717) is 17.6 Å². The summed E-state index contributed by atoms with van der Waals surface area (Å²) in [4.78, 5) is 11.9. The Bertz CT molecular complexity index is 277. The average molecular weight is 206 g/mol. The zero-order valence-electron chi connectivity index (χ0n) is 9.96. The summed E-state index contributed by atoms with van der Waals surface area (Å²) in [5.74, 6) is 3.00. The number of allylic oxidation sites excluding steroid dienone is 1. The van der Waals surface area contributed by atoms with Crippen LogP contribution in [0.4, 0.5) is 0 Å². The Balaban J connectivity index is 2.17. The van der Waals surface area contributed by atoms with Gasteiger partial charge < -0.3 is 0 Å². The van der Waals surface area contributed by atoms with Crippen molar-refractivity contribution in [3.63, 3.8) is 0 Å². The highest BCUT2D eigenvalue weighted by atomic mass is 16.1. The normalized spacial score (nSPS) is 36.9. The lowest BCUT2D eigenvalue weighted by atomic mass is 9.61. The van der Waals surface area contributed by atoms with Crippen LogP contribution in [0.5, 0.6) is 0 Å². The Labute approximate surface area is 92.9 Å². The van der Waals surface area contributed by atoms with Gasteiger partial charge in [0, 0.05) is 12.3 Å². The number of Topliss-reactive ketones (excluding diaryl/α,β-unsaturated/α-hetero) is 1. The first-order valence-corrected chi connectivity index (χ1v) is 6.29. The second kappa shape index (κ2) is 4.11. The summed E-state index contributed by atoms with van der Waals surface area (Å²) in [6.45, 7) is 8.71. The van der Waals surface area contributed by atoms with Gasteiger partial charge >= 0.3 is 0 Å². The average Bonchev–Trinajstić information content (AvgIpc) is 2.17. The van der Waals surface area contributed by atoms with Crippen LogP contribution in [0.25, 0.3) is 0 Å². The van der Waals surface area contributed by atoms with Gasteiger partial charge in [0.2, 0.25) is 0 Å². The quantitative estimate of drug-likeness (QED) is 0.599. The summed E-state index contributed by atoms with van der Waals surface area (Å²) in [5, 5.41) is 0. The minimum absolute atomic E-state index is 0.372. The number of rotatable bonds is 1. The van der Waals surface area contributed by atoms with Gasteiger partial charge in [-0.1, -0.05) is 26.0 Å². The maximum Gasteiger partial charge on any atom is 0.136 e. The highest BCUT2D eigenvalue weighted by molar-refractivity contribution is 5.82. The van der Waals surface area contributed by atoms with Crippen molar-refractivity contribution in [2.75, 3.05) is 0 Å². The molecule has 3 atom stereocenters. The fourth-order valence-electron chi connectivity index (χ4n) is 3.54. The third-order valence-corrected chi connectivity index (χ3v) is 4.39. The number of hydrogen-bond acceptors (Lipinski definition) is 1. The number of hydrogen-bond donors (Lipinski definition) is 0. The lowest BCUT2D eigenvalue weighted by Gasteiger charge is -2.42. The highest BCUT2D eigenvalue weighted by Gasteiger charge is 2.41. The van der Waals surface area contributed by atoms with Crippen molar-refractivity contribution >= 4 is 5.78 Å². The van der Waals surface area contributed by atoms with Crippen molar-refractivity contribution in [2.45, 2.75) is 46.0 Å². The minimum atomic E-state index is 0.372. The molecule has 84 valence electrons. The van der Waals surface area contributed by atoms with E-state index in [1.807, 2.05) is 0 Å². The summed E-state index contributed by atoms with van der Waals surface area (Å²) < 4.78 is 0. The molecule has 0 aromatic heterocycles. The molecule has 2 rings (SSSR count). The molecule has 0 spiro atoms. The van der Waals surface area contributed by atoms with Crippen LogP contribution in [0.15, 0.2) is 12.2 Å². The lowest BCUT2D eigenvalue weighted by molar-refractivity contribution is -0.130. The number of carbonyl (C=O) groups excluding carboxylic acids is 1. The minimum Gasteiger partial charge on any atom is -0.299 e. The van der Waals surface area contributed by atoms with Gasteiger partial charge in [0.05, 0.1) is 0 Å². The molecule has 0 saturated heterocycles. The smallest absolute Gasteiger partial charge is 0.136 e. The van der Waals surface area contributed by atoms with Gasteiger partial charge in [0.1, 0.15) is 5.78 Å². The molecule has 2 fully saturated rings. The van der Waals surface area contributed by atoms with Crippen LogP contribution < -0.4 is 0 Å². The highest BCUT2D eigenvalue weighted by Crippen LogP contribution is 2.46. The standard InChI is InChI=1S/C14H22O/c1-9(2)11-6-7-14(15)12-5-4-10(3)8-13(11)12/h9,11-13H,3-8H2,1-2H3. The summed E-state index contributed by atoms with van der Waals surface area (Å²) in [5.41, 5.74) is 1.37. The second-order valence-electron chi connectivity index (χ2n) is 5.68. The van der Waals surface area contributed by atoms with E-state index in [4.69, 9.17) is 0 Å². The molecule has 15 heavy (non-hydrogen) atoms. The van der Waals surface area contributed by atoms with E-state index >= 15 is 0 Å². The third kappa shape index (κ3) is 2.02. The van der Waals surface area contributed by atoms with Crippen molar-refractivity contribution in [1.29, 1.82) is 0 Å². The molecule has 0 aromatic rings. The van der Waals surface area contributed by atoms with Gasteiger partial charge in [-0.05, 0) is 43.4 Å². The summed E-state index contributed by atoms with van der Waals surface area (Å²) >= 11 is 0. The lowest BCUT2D eigenvalue weighted by Crippen LogP contribution is -2.39. The second-order valence-corrected chi connectivity index (χ2v) is 5.68. The first-order chi connectivity index (χ1) is 7.09. The van der Waals surface area contributed by atoms with E-state index in [0.717, 1.165) is 43.9 Å². The Morgan fingerprint density at radius 2 is 2.00 bits per heavy atom. The van der Waals surface area contributed by atoms with Crippen LogP contribution in [0, 0.1) is 23.7 Å². The zero-order chi connectivity index (χ0) is 11.0. The van der Waals surface area contributed by atoms with Gasteiger partial charge in [0.25, 0.3) is 0 Å². The fraction of sp³-hybridized carbons (Fsp3) is 0.786. The fourth-order valence-corrected chi connectivity index (χ4v) is 3.54. The molecule has 0 N–H and O–H groups in total. The van der Waals surface area contributed by atoms with Crippen LogP contribution in [-0.2, 0) is 4.79 Å². The van der Waals surface area contributed by atoms with Gasteiger partial charge in [-0.15, -0.1) is 0 Å². The van der Waals surface area contributed by atoms with Gasteiger partial charge in [0.15, 0.2) is 0 Å². The number of fused-ring (bicyclic) bond motifs is 1. The third-order valence-electron chi connectivity index (χ3n) is 4.39. The molecule has 0 aliphatic heterocycles. The Morgan fingerprint density at radius 3 is 2.67 bits per heavy atom. The molecule has 2 aliphatic rings. The van der Waals surface area contributed by atoms with Crippen molar-refractivity contribution in [3.8, 4) is 0 Å². The number of ketones is 1. The summed E-state index contributed by atoms with van der Waals surface area (Å²) in [6, 6.07) is 0. The molecule has 0 aromatic carbocycles. The first-order valence-electron chi connectivity index (χ1n) is 6.29. The van der Waals surface area contributed by atoms with Crippen molar-refractivity contribution in [1.82, 2.24) is 0 Å². The van der Waals surface area contributed by atoms with Crippen molar-refractivity contribution in [2.24, 2.45) is 23.7 Å². The zero-order valence-corrected chi connectivity index (χ0v) is 9.96. The van der Waals surface area contributed by atoms with Crippen LogP contribution in [0.3, 0.4) is 0 Å². The summed E-state index contributed by atoms with van der Waals surface area (Å²) in [7, 11) is 0. The molecule has 2 saturated carbocycles. The Morgan fingerprint density at radius 1 is 1.27 bits per heavy atom. The SMILES string of the molecule is C=C1CCC2C(=O)CCC(C(C)C)C2C1. The molecule has 0 amide bonds. The molecule has 1 nitrogen and oxygen atoms in total. The molecule has 0 bridgehead atoms. The molecule has 0 radical (unpaired) electrons. The van der Waals surface area contributed by atoms with E-state index in [2.05, 4.69) is 20.4 Å². The van der Waals surface area contributed by atoms with Crippen LogP contribution in [0.2, 0.25) is 0 Å². The number of carbonyl (C=O) groups is 1. The molecule has 2 aliphatic carbocycles.